The van der Waals surface area contributed by atoms with Crippen LogP contribution in [0.4, 0.5) is 34.6 Å². The summed E-state index contributed by atoms with van der Waals surface area (Å²) < 4.78 is 25.6. The first-order valence-corrected chi connectivity index (χ1v) is 45.2. The van der Waals surface area contributed by atoms with Crippen LogP contribution in [0.3, 0.4) is 0 Å². The zero-order valence-electron chi connectivity index (χ0n) is 71.8. The van der Waals surface area contributed by atoms with Crippen LogP contribution in [0.15, 0.2) is 292 Å². The molecule has 1 fully saturated rings. The van der Waals surface area contributed by atoms with Crippen molar-refractivity contribution in [2.75, 3.05) is 35.5 Å². The number of carbonyl (C=O) groups is 3. The number of aryl methyl sites for hydroxylation is 6. The molecule has 1 saturated heterocycles. The van der Waals surface area contributed by atoms with Crippen molar-refractivity contribution >= 4 is 144 Å². The number of rotatable bonds is 21. The van der Waals surface area contributed by atoms with Gasteiger partial charge in [-0.3, -0.25) is 33.7 Å². The van der Waals surface area contributed by atoms with Gasteiger partial charge in [0.25, 0.3) is 18.3 Å². The van der Waals surface area contributed by atoms with Gasteiger partial charge < -0.3 is 51.6 Å². The molecule has 0 atom stereocenters. The molecule has 32 heteroatoms. The van der Waals surface area contributed by atoms with Crippen molar-refractivity contribution in [2.24, 2.45) is 0 Å². The molecule has 0 unspecified atom stereocenters. The molecule has 4 N–H and O–H groups in total. The fraction of sp³-hybridized carbons (Fsp3) is 0.176. The molecule has 6 aromatic heterocycles. The fourth-order valence-electron chi connectivity index (χ4n) is 11.9. The number of aromatic nitrogens is 10. The maximum atomic E-state index is 12.8. The van der Waals surface area contributed by atoms with Crippen LogP contribution < -0.4 is 132 Å². The van der Waals surface area contributed by atoms with Gasteiger partial charge >= 0.3 is 101 Å². The Hall–Kier alpha value is -9.41. The maximum absolute atomic E-state index is 12.8. The van der Waals surface area contributed by atoms with Crippen molar-refractivity contribution in [2.45, 2.75) is 93.5 Å². The second-order valence-electron chi connectivity index (χ2n) is 27.4. The molecule has 628 valence electrons. The van der Waals surface area contributed by atoms with Crippen LogP contribution in [0.2, 0.25) is 5.15 Å². The van der Waals surface area contributed by atoms with E-state index in [1.165, 1.54) is 31.8 Å². The van der Waals surface area contributed by atoms with Gasteiger partial charge in [0.1, 0.15) is 28.0 Å². The molecule has 23 nitrogen and oxygen atoms in total. The molecule has 8 aromatic carbocycles. The Morgan fingerprint density at radius 3 is 1.21 bits per heavy atom. The van der Waals surface area contributed by atoms with Gasteiger partial charge in [-0.15, -0.1) is 0 Å². The SMILES string of the molecule is CCn1nc(C)cc1C(=O)Nc1ccc(C)c(Nc2nccc(-c3cncc(OC)c3)n2)c1.CCn1nc(C)cc1C(=O)Nc1ccc(C)c(Nc2nccc(Cl)n2)c1.COc1cncc(B2OC(C)(C)C(C)(C)O2)c1.O=CO[O-].[Cl][Pd][Cl].[H-].[Na+].[Na+].c1ccc(P(c2ccccc2)c2ccccc2)cc1.c1ccc(P(c2ccccc2)c2ccccc2)cc1. The number of nitrogens with one attached hydrogen (secondary N) is 4. The third-order valence-electron chi connectivity index (χ3n) is 18.5. The summed E-state index contributed by atoms with van der Waals surface area (Å²) in [6, 6.07) is 86.6. The van der Waals surface area contributed by atoms with E-state index in [1.54, 1.807) is 79.0 Å². The zero-order valence-corrected chi connectivity index (χ0v) is 80.4. The first-order valence-electron chi connectivity index (χ1n) is 38.1. The van der Waals surface area contributed by atoms with Gasteiger partial charge in [0.15, 0.2) is 0 Å². The van der Waals surface area contributed by atoms with E-state index in [4.69, 9.17) is 59.5 Å². The molecule has 123 heavy (non-hydrogen) atoms. The van der Waals surface area contributed by atoms with Gasteiger partial charge in [-0.05, 0) is 189 Å². The Morgan fingerprint density at radius 2 is 0.862 bits per heavy atom. The van der Waals surface area contributed by atoms with Crippen LogP contribution in [0.1, 0.15) is 86.5 Å². The van der Waals surface area contributed by atoms with E-state index in [9.17, 15) is 9.59 Å². The minimum Gasteiger partial charge on any atom is -1.00 e. The third-order valence-corrected chi connectivity index (χ3v) is 23.6. The monoisotopic (exact) mass is 1860 g/mol. The van der Waals surface area contributed by atoms with E-state index < -0.39 is 15.8 Å². The molecule has 1 aliphatic rings. The van der Waals surface area contributed by atoms with Crippen LogP contribution in [-0.4, -0.2) is 100 Å². The number of benzene rings is 8. The van der Waals surface area contributed by atoms with Crippen molar-refractivity contribution < 1.29 is 120 Å². The Bertz CT molecular complexity index is 5280. The molecule has 0 saturated carbocycles. The van der Waals surface area contributed by atoms with Crippen molar-refractivity contribution in [1.82, 2.24) is 49.5 Å². The van der Waals surface area contributed by atoms with E-state index in [-0.39, 0.29) is 113 Å². The number of carbonyl (C=O) groups excluding carboxylic acids is 3. The molecule has 14 aromatic rings. The molecular weight excluding hydrogens is 1760 g/mol. The normalized spacial score (nSPS) is 11.7. The molecular formula is C91H94BCl3N14Na2O9P2Pd. The van der Waals surface area contributed by atoms with Crippen LogP contribution >= 0.6 is 46.5 Å². The van der Waals surface area contributed by atoms with Gasteiger partial charge in [-0.2, -0.15) is 10.2 Å². The second kappa shape index (κ2) is 51.8. The van der Waals surface area contributed by atoms with Crippen LogP contribution in [0.5, 0.6) is 11.5 Å². The third kappa shape index (κ3) is 30.5. The summed E-state index contributed by atoms with van der Waals surface area (Å²) in [5.41, 5.74) is 9.26. The standard InChI is InChI=1S/C24H25N7O2.C18H19ClN6O.2C18H15P.C12H18BNO3.CH2O3.2ClH.2Na.Pd.H/c1-5-31-22(10-16(3)30-31)23(32)27-18-7-6-15(2)21(12-18)29-24-26-9-8-20(28-24)17-11-19(33-4)14-25-13-17;1-4-25-15(9-12(3)24-25)17(26)21-13-6-5-11(2)14(10-13)22-18-20-8-7-16(19)23-18;2*1-4-10-16(11-5-1)19(17-12-6-2-7-13-17)18-14-8-3-9-15-18;1-11(2)12(3,4)17-13(16-11)9-6-10(15-5)8-14-7-9;2-1-4-3;;;;;;/h6-14H,5H2,1-4H3,(H,27,32)(H,26,28,29);5-10H,4H2,1-3H3,(H,21,26)(H,20,22,23);2*1-15H;6-8H,1-5H3;1,3H;2*1H;;;;/q;;;;;;;;2*+1;+2;-1/p-3. The number of ether oxygens (including phenoxy) is 2. The summed E-state index contributed by atoms with van der Waals surface area (Å²) in [6.07, 6.45) is 10.0. The number of halogens is 3. The number of amides is 2. The number of methoxy groups -OCH3 is 2. The van der Waals surface area contributed by atoms with Gasteiger partial charge in [-0.25, -0.2) is 19.9 Å². The Kier molecular flexibility index (Phi) is 42.4. The predicted octanol–water partition coefficient (Wildman–Crippen LogP) is 10.5. The zero-order chi connectivity index (χ0) is 86.7. The van der Waals surface area contributed by atoms with Crippen molar-refractivity contribution in [1.29, 1.82) is 0 Å². The summed E-state index contributed by atoms with van der Waals surface area (Å²) in [5.74, 6) is 1.76. The summed E-state index contributed by atoms with van der Waals surface area (Å²) in [4.78, 5) is 62.1. The number of anilines is 6. The van der Waals surface area contributed by atoms with Gasteiger partial charge in [0, 0.05) is 71.7 Å². The van der Waals surface area contributed by atoms with E-state index >= 15 is 0 Å². The largest absolute Gasteiger partial charge is 1.00 e. The number of nitrogens with zero attached hydrogens (tertiary/aromatic N) is 10. The second-order valence-corrected chi connectivity index (χ2v) is 34.6. The molecule has 1 aliphatic heterocycles. The molecule has 2 amide bonds. The molecule has 0 bridgehead atoms. The Balaban J connectivity index is 0.000000238. The summed E-state index contributed by atoms with van der Waals surface area (Å²) >= 11 is 5.79. The molecule has 0 radical (unpaired) electrons. The van der Waals surface area contributed by atoms with Crippen LogP contribution in [-0.2, 0) is 48.0 Å². The number of hydrogen-bond acceptors (Lipinski definition) is 19. The van der Waals surface area contributed by atoms with Gasteiger partial charge in [0.2, 0.25) is 11.9 Å². The molecule has 15 rings (SSSR count). The van der Waals surface area contributed by atoms with Crippen LogP contribution in [0.25, 0.3) is 11.3 Å². The first-order chi connectivity index (χ1) is 58.5. The fourth-order valence-corrected chi connectivity index (χ4v) is 16.6. The topological polar surface area (TPSA) is 282 Å². The number of pyridine rings is 2. The van der Waals surface area contributed by atoms with Gasteiger partial charge in [0.05, 0.1) is 54.9 Å². The molecule has 0 spiro atoms. The Morgan fingerprint density at radius 1 is 0.512 bits per heavy atom. The van der Waals surface area contributed by atoms with E-state index in [0.717, 1.165) is 44.9 Å². The maximum Gasteiger partial charge on any atom is 1.00 e. The smallest absolute Gasteiger partial charge is 1.00 e. The molecule has 0 aliphatic carbocycles. The van der Waals surface area contributed by atoms with Gasteiger partial charge in [-0.1, -0.05) is 206 Å². The Labute approximate surface area is 788 Å². The average Bonchev–Trinajstić information content (AvgIpc) is 1.62. The van der Waals surface area contributed by atoms with E-state index in [2.05, 4.69) is 248 Å². The van der Waals surface area contributed by atoms with E-state index in [0.29, 0.717) is 70.1 Å². The minimum atomic E-state index is -0.446. The summed E-state index contributed by atoms with van der Waals surface area (Å²) in [7, 11) is 11.6. The minimum absolute atomic E-state index is 0. The van der Waals surface area contributed by atoms with E-state index in [1.807, 2.05) is 124 Å². The average molecular weight is 1860 g/mol. The summed E-state index contributed by atoms with van der Waals surface area (Å²) in [6.45, 7) is 20.7. The quantitative estimate of drug-likeness (QED) is 0.0130. The van der Waals surface area contributed by atoms with Crippen molar-refractivity contribution in [3.63, 3.8) is 0 Å². The number of hydrogen-bond donors (Lipinski definition) is 4. The molecule has 7 heterocycles. The summed E-state index contributed by atoms with van der Waals surface area (Å²) in [5, 5.41) is 38.0. The van der Waals surface area contributed by atoms with Crippen molar-refractivity contribution in [3.05, 3.63) is 331 Å². The first kappa shape index (κ1) is 101. The predicted molar refractivity (Wildman–Crippen MR) is 486 cm³/mol. The van der Waals surface area contributed by atoms with Crippen LogP contribution in [0, 0.1) is 27.7 Å². The van der Waals surface area contributed by atoms with Crippen molar-refractivity contribution in [3.8, 4) is 22.8 Å².